The number of ether oxygens (including phenoxy) is 2. The number of esters is 1. The number of benzene rings is 2. The normalized spacial score (nSPS) is 11.5. The number of rotatable bonds is 6. The fraction of sp³-hybridized carbons (Fsp3) is 0.222. The van der Waals surface area contributed by atoms with Crippen LogP contribution in [-0.2, 0) is 9.53 Å². The zero-order chi connectivity index (χ0) is 18.4. The van der Waals surface area contributed by atoms with Crippen molar-refractivity contribution in [3.8, 4) is 5.75 Å². The molecule has 0 radical (unpaired) electrons. The van der Waals surface area contributed by atoms with Gasteiger partial charge in [-0.15, -0.1) is 0 Å². The summed E-state index contributed by atoms with van der Waals surface area (Å²) in [5, 5.41) is 3.38. The number of carbonyl (C=O) groups is 2. The largest absolute Gasteiger partial charge is 0.494 e. The average molecular weight is 382 g/mol. The molecule has 0 saturated carbocycles. The van der Waals surface area contributed by atoms with Crippen LogP contribution in [0.2, 0.25) is 10.0 Å². The molecule has 0 aliphatic rings. The topological polar surface area (TPSA) is 64.6 Å². The highest BCUT2D eigenvalue weighted by Gasteiger charge is 2.19. The molecule has 0 spiro atoms. The number of hydrogen-bond acceptors (Lipinski definition) is 4. The second kappa shape index (κ2) is 8.74. The van der Waals surface area contributed by atoms with Gasteiger partial charge in [-0.1, -0.05) is 23.2 Å². The maximum absolute atomic E-state index is 12.1. The van der Waals surface area contributed by atoms with Crippen LogP contribution in [0.4, 0.5) is 5.69 Å². The van der Waals surface area contributed by atoms with Gasteiger partial charge in [-0.25, -0.2) is 4.79 Å². The number of hydrogen-bond donors (Lipinski definition) is 1. The van der Waals surface area contributed by atoms with Crippen molar-refractivity contribution >= 4 is 40.8 Å². The Hall–Kier alpha value is -2.24. The van der Waals surface area contributed by atoms with Crippen molar-refractivity contribution in [3.05, 3.63) is 58.1 Å². The number of amides is 1. The van der Waals surface area contributed by atoms with E-state index < -0.39 is 18.0 Å². The van der Waals surface area contributed by atoms with Crippen LogP contribution < -0.4 is 10.1 Å². The van der Waals surface area contributed by atoms with Gasteiger partial charge in [-0.2, -0.15) is 0 Å². The molecule has 1 N–H and O–H groups in total. The lowest BCUT2D eigenvalue weighted by Crippen LogP contribution is -2.30. The van der Waals surface area contributed by atoms with Crippen molar-refractivity contribution in [3.63, 3.8) is 0 Å². The number of nitrogens with one attached hydrogen (secondary N) is 1. The molecule has 2 aromatic carbocycles. The zero-order valence-corrected chi connectivity index (χ0v) is 15.2. The highest BCUT2D eigenvalue weighted by molar-refractivity contribution is 6.35. The third kappa shape index (κ3) is 5.66. The van der Waals surface area contributed by atoms with E-state index in [2.05, 4.69) is 5.32 Å². The molecule has 0 aliphatic heterocycles. The number of anilines is 1. The Balaban J connectivity index is 1.96. The quantitative estimate of drug-likeness (QED) is 0.743. The molecule has 0 heterocycles. The van der Waals surface area contributed by atoms with E-state index in [1.54, 1.807) is 42.5 Å². The summed E-state index contributed by atoms with van der Waals surface area (Å²) in [5.41, 5.74) is 0.750. The van der Waals surface area contributed by atoms with Crippen LogP contribution in [0.25, 0.3) is 0 Å². The Labute approximate surface area is 155 Å². The highest BCUT2D eigenvalue weighted by Crippen LogP contribution is 2.22. The molecule has 1 amide bonds. The van der Waals surface area contributed by atoms with Gasteiger partial charge in [-0.05, 0) is 56.3 Å². The lowest BCUT2D eigenvalue weighted by molar-refractivity contribution is -0.123. The summed E-state index contributed by atoms with van der Waals surface area (Å²) in [4.78, 5) is 24.3. The molecule has 1 atom stereocenters. The van der Waals surface area contributed by atoms with E-state index >= 15 is 0 Å². The third-order valence-electron chi connectivity index (χ3n) is 3.18. The van der Waals surface area contributed by atoms with Gasteiger partial charge in [0.05, 0.1) is 12.2 Å². The van der Waals surface area contributed by atoms with Crippen LogP contribution >= 0.6 is 23.2 Å². The predicted molar refractivity (Wildman–Crippen MR) is 97.6 cm³/mol. The van der Waals surface area contributed by atoms with Crippen LogP contribution in [0.3, 0.4) is 0 Å². The summed E-state index contributed by atoms with van der Waals surface area (Å²) in [6, 6.07) is 11.1. The van der Waals surface area contributed by atoms with Gasteiger partial charge in [0.1, 0.15) is 5.75 Å². The van der Waals surface area contributed by atoms with E-state index in [4.69, 9.17) is 32.7 Å². The van der Waals surface area contributed by atoms with Crippen LogP contribution in [0.1, 0.15) is 24.2 Å². The molecule has 0 saturated heterocycles. The molecular formula is C18H17Cl2NO4. The van der Waals surface area contributed by atoms with Gasteiger partial charge in [0, 0.05) is 15.7 Å². The predicted octanol–water partition coefficient (Wildman–Crippen LogP) is 4.58. The van der Waals surface area contributed by atoms with E-state index in [0.717, 1.165) is 0 Å². The summed E-state index contributed by atoms with van der Waals surface area (Å²) in [6.07, 6.45) is -0.989. The Morgan fingerprint density at radius 2 is 1.68 bits per heavy atom. The molecule has 2 rings (SSSR count). The highest BCUT2D eigenvalue weighted by atomic mass is 35.5. The minimum Gasteiger partial charge on any atom is -0.494 e. The lowest BCUT2D eigenvalue weighted by atomic mass is 10.2. The lowest BCUT2D eigenvalue weighted by Gasteiger charge is -2.14. The number of halogens is 2. The summed E-state index contributed by atoms with van der Waals surface area (Å²) in [5.74, 6) is -0.435. The van der Waals surface area contributed by atoms with E-state index in [-0.39, 0.29) is 0 Å². The molecule has 5 nitrogen and oxygen atoms in total. The van der Waals surface area contributed by atoms with Crippen molar-refractivity contribution in [2.45, 2.75) is 20.0 Å². The fourth-order valence-corrected chi connectivity index (χ4v) is 2.53. The molecule has 2 aromatic rings. The average Bonchev–Trinajstić information content (AvgIpc) is 2.54. The van der Waals surface area contributed by atoms with E-state index in [1.165, 1.54) is 6.92 Å². The van der Waals surface area contributed by atoms with Crippen LogP contribution in [0.15, 0.2) is 42.5 Å². The summed E-state index contributed by atoms with van der Waals surface area (Å²) in [7, 11) is 0. The standard InChI is InChI=1S/C18H17Cl2NO4/c1-3-24-16-6-4-12(5-7-16)18(23)25-11(2)17(22)21-15-9-13(19)8-14(20)10-15/h4-11H,3H2,1-2H3,(H,21,22)/t11-/m1/s1. The van der Waals surface area contributed by atoms with Gasteiger partial charge in [0.15, 0.2) is 6.10 Å². The Kier molecular flexibility index (Phi) is 6.67. The molecule has 0 bridgehead atoms. The monoisotopic (exact) mass is 381 g/mol. The van der Waals surface area contributed by atoms with Gasteiger partial charge >= 0.3 is 5.97 Å². The molecule has 0 unspecified atom stereocenters. The first-order valence-corrected chi connectivity index (χ1v) is 8.35. The smallest absolute Gasteiger partial charge is 0.338 e. The van der Waals surface area contributed by atoms with E-state index in [1.807, 2.05) is 6.92 Å². The maximum atomic E-state index is 12.1. The van der Waals surface area contributed by atoms with Crippen LogP contribution in [0.5, 0.6) is 5.75 Å². The third-order valence-corrected chi connectivity index (χ3v) is 3.62. The van der Waals surface area contributed by atoms with Gasteiger partial charge in [-0.3, -0.25) is 4.79 Å². The molecule has 0 aromatic heterocycles. The van der Waals surface area contributed by atoms with Crippen LogP contribution in [0, 0.1) is 0 Å². The summed E-state index contributed by atoms with van der Waals surface area (Å²) in [6.45, 7) is 3.89. The first kappa shape index (κ1) is 19.1. The molecule has 7 heteroatoms. The minimum absolute atomic E-state index is 0.328. The second-order valence-corrected chi connectivity index (χ2v) is 6.03. The van der Waals surface area contributed by atoms with Crippen molar-refractivity contribution in [1.29, 1.82) is 0 Å². The molecule has 0 aliphatic carbocycles. The van der Waals surface area contributed by atoms with Crippen molar-refractivity contribution < 1.29 is 19.1 Å². The van der Waals surface area contributed by atoms with Crippen LogP contribution in [-0.4, -0.2) is 24.6 Å². The molecular weight excluding hydrogens is 365 g/mol. The first-order valence-electron chi connectivity index (χ1n) is 7.60. The van der Waals surface area contributed by atoms with E-state index in [9.17, 15) is 9.59 Å². The first-order chi connectivity index (χ1) is 11.9. The van der Waals surface area contributed by atoms with Crippen molar-refractivity contribution in [2.75, 3.05) is 11.9 Å². The Morgan fingerprint density at radius 1 is 1.08 bits per heavy atom. The SMILES string of the molecule is CCOc1ccc(C(=O)O[C@H](C)C(=O)Nc2cc(Cl)cc(Cl)c2)cc1. The second-order valence-electron chi connectivity index (χ2n) is 5.15. The zero-order valence-electron chi connectivity index (χ0n) is 13.7. The minimum atomic E-state index is -0.989. The van der Waals surface area contributed by atoms with Gasteiger partial charge in [0.25, 0.3) is 5.91 Å². The van der Waals surface area contributed by atoms with Crippen molar-refractivity contribution in [2.24, 2.45) is 0 Å². The molecule has 25 heavy (non-hydrogen) atoms. The summed E-state index contributed by atoms with van der Waals surface area (Å²) >= 11 is 11.8. The van der Waals surface area contributed by atoms with E-state index in [0.29, 0.717) is 33.7 Å². The van der Waals surface area contributed by atoms with Gasteiger partial charge in [0.2, 0.25) is 0 Å². The van der Waals surface area contributed by atoms with Crippen molar-refractivity contribution in [1.82, 2.24) is 0 Å². The Bertz CT molecular complexity index is 742. The molecule has 132 valence electrons. The molecule has 0 fully saturated rings. The van der Waals surface area contributed by atoms with Gasteiger partial charge < -0.3 is 14.8 Å². The number of carbonyl (C=O) groups excluding carboxylic acids is 2. The maximum Gasteiger partial charge on any atom is 0.338 e. The Morgan fingerprint density at radius 3 is 2.24 bits per heavy atom. The fourth-order valence-electron chi connectivity index (χ4n) is 2.01. The summed E-state index contributed by atoms with van der Waals surface area (Å²) < 4.78 is 10.5.